The minimum Gasteiger partial charge on any atom is -0.465 e. The summed E-state index contributed by atoms with van der Waals surface area (Å²) in [6, 6.07) is 4.31. The fourth-order valence-corrected chi connectivity index (χ4v) is 1.85. The predicted molar refractivity (Wildman–Crippen MR) is 61.8 cm³/mol. The van der Waals surface area contributed by atoms with E-state index in [0.717, 1.165) is 7.11 Å². The van der Waals surface area contributed by atoms with E-state index in [1.54, 1.807) is 6.07 Å². The molecule has 7 heteroatoms. The second-order valence-electron chi connectivity index (χ2n) is 3.09. The number of nitrogens with zero attached hydrogens (tertiary/aromatic N) is 1. The number of halogens is 3. The second kappa shape index (κ2) is 6.31. The van der Waals surface area contributed by atoms with Gasteiger partial charge in [0.15, 0.2) is 0 Å². The van der Waals surface area contributed by atoms with Crippen molar-refractivity contribution in [3.05, 3.63) is 28.8 Å². The van der Waals surface area contributed by atoms with Gasteiger partial charge in [0.05, 0.1) is 12.7 Å². The molecular formula is C11H8BrF2NO3. The largest absolute Gasteiger partial charge is 0.465 e. The van der Waals surface area contributed by atoms with E-state index in [-0.39, 0.29) is 22.2 Å². The molecule has 4 nitrogen and oxygen atoms in total. The third-order valence-electron chi connectivity index (χ3n) is 2.11. The maximum Gasteiger partial charge on any atom is 0.387 e. The third kappa shape index (κ3) is 2.96. The predicted octanol–water partition coefficient (Wildman–Crippen LogP) is 2.84. The molecule has 0 spiro atoms. The quantitative estimate of drug-likeness (QED) is 0.632. The van der Waals surface area contributed by atoms with Crippen molar-refractivity contribution in [1.82, 2.24) is 0 Å². The zero-order chi connectivity index (χ0) is 13.7. The van der Waals surface area contributed by atoms with Crippen LogP contribution in [0.2, 0.25) is 0 Å². The van der Waals surface area contributed by atoms with E-state index in [2.05, 4.69) is 25.4 Å². The molecule has 1 rings (SSSR count). The molecule has 0 saturated carbocycles. The van der Waals surface area contributed by atoms with Gasteiger partial charge >= 0.3 is 12.6 Å². The molecule has 0 amide bonds. The maximum atomic E-state index is 12.2. The Labute approximate surface area is 110 Å². The normalized spacial score (nSPS) is 10.0. The van der Waals surface area contributed by atoms with E-state index in [4.69, 9.17) is 5.26 Å². The lowest BCUT2D eigenvalue weighted by Crippen LogP contribution is -2.11. The smallest absolute Gasteiger partial charge is 0.387 e. The summed E-state index contributed by atoms with van der Waals surface area (Å²) in [7, 11) is 1.14. The van der Waals surface area contributed by atoms with Crippen molar-refractivity contribution < 1.29 is 23.0 Å². The second-order valence-corrected chi connectivity index (χ2v) is 3.65. The number of benzene rings is 1. The Morgan fingerprint density at radius 3 is 2.67 bits per heavy atom. The Bertz CT molecular complexity index is 500. The van der Waals surface area contributed by atoms with Crippen molar-refractivity contribution in [2.45, 2.75) is 11.9 Å². The van der Waals surface area contributed by atoms with Gasteiger partial charge in [0.1, 0.15) is 17.4 Å². The van der Waals surface area contributed by atoms with Crippen LogP contribution in [-0.4, -0.2) is 19.7 Å². The van der Waals surface area contributed by atoms with Crippen LogP contribution in [0.3, 0.4) is 0 Å². The molecule has 0 N–H and O–H groups in total. The first kappa shape index (κ1) is 14.4. The molecule has 1 aromatic carbocycles. The zero-order valence-electron chi connectivity index (χ0n) is 9.25. The Balaban J connectivity index is 3.43. The van der Waals surface area contributed by atoms with E-state index < -0.39 is 12.6 Å². The van der Waals surface area contributed by atoms with Gasteiger partial charge in [-0.3, -0.25) is 0 Å². The fraction of sp³-hybridized carbons (Fsp3) is 0.273. The first-order chi connectivity index (χ1) is 8.54. The van der Waals surface area contributed by atoms with Gasteiger partial charge in [-0.25, -0.2) is 4.79 Å². The molecule has 0 bridgehead atoms. The van der Waals surface area contributed by atoms with Gasteiger partial charge in [-0.1, -0.05) is 22.0 Å². The molecular weight excluding hydrogens is 312 g/mol. The lowest BCUT2D eigenvalue weighted by molar-refractivity contribution is -0.0501. The van der Waals surface area contributed by atoms with Crippen LogP contribution in [-0.2, 0) is 10.1 Å². The maximum absolute atomic E-state index is 12.2. The SMILES string of the molecule is COC(=O)c1c(CBr)ccc(OC(F)F)c1C#N. The number of nitriles is 1. The summed E-state index contributed by atoms with van der Waals surface area (Å²) < 4.78 is 33.1. The number of esters is 1. The molecule has 0 aliphatic heterocycles. The van der Waals surface area contributed by atoms with Crippen LogP contribution in [0.5, 0.6) is 5.75 Å². The highest BCUT2D eigenvalue weighted by atomic mass is 79.9. The molecule has 0 aliphatic carbocycles. The molecule has 0 radical (unpaired) electrons. The summed E-state index contributed by atoms with van der Waals surface area (Å²) in [5, 5.41) is 9.26. The number of ether oxygens (including phenoxy) is 2. The van der Waals surface area contributed by atoms with E-state index in [9.17, 15) is 13.6 Å². The minimum atomic E-state index is -3.07. The minimum absolute atomic E-state index is 0.0741. The van der Waals surface area contributed by atoms with Crippen LogP contribution in [0.25, 0.3) is 0 Å². The molecule has 18 heavy (non-hydrogen) atoms. The van der Waals surface area contributed by atoms with Crippen molar-refractivity contribution in [3.63, 3.8) is 0 Å². The molecule has 0 saturated heterocycles. The average Bonchev–Trinajstić information content (AvgIpc) is 2.36. The van der Waals surface area contributed by atoms with Gasteiger partial charge in [-0.05, 0) is 11.6 Å². The zero-order valence-corrected chi connectivity index (χ0v) is 10.8. The highest BCUT2D eigenvalue weighted by molar-refractivity contribution is 9.08. The first-order valence-electron chi connectivity index (χ1n) is 4.70. The van der Waals surface area contributed by atoms with Crippen molar-refractivity contribution in [1.29, 1.82) is 5.26 Å². The van der Waals surface area contributed by atoms with Crippen molar-refractivity contribution >= 4 is 21.9 Å². The van der Waals surface area contributed by atoms with Crippen molar-refractivity contribution in [2.24, 2.45) is 0 Å². The van der Waals surface area contributed by atoms with Crippen LogP contribution in [0.4, 0.5) is 8.78 Å². The van der Waals surface area contributed by atoms with Gasteiger partial charge in [0, 0.05) is 5.33 Å². The van der Waals surface area contributed by atoms with Crippen LogP contribution in [0, 0.1) is 11.3 Å². The van der Waals surface area contributed by atoms with Crippen LogP contribution >= 0.6 is 15.9 Å². The summed E-state index contributed by atoms with van der Waals surface area (Å²) in [6.07, 6.45) is 0. The molecule has 1 aromatic rings. The Hall–Kier alpha value is -1.68. The average molecular weight is 320 g/mol. The molecule has 96 valence electrons. The number of methoxy groups -OCH3 is 1. The number of alkyl halides is 3. The van der Waals surface area contributed by atoms with Gasteiger partial charge < -0.3 is 9.47 Å². The van der Waals surface area contributed by atoms with E-state index >= 15 is 0 Å². The summed E-state index contributed by atoms with van der Waals surface area (Å²) in [4.78, 5) is 11.6. The number of hydrogen-bond acceptors (Lipinski definition) is 4. The molecule has 0 fully saturated rings. The van der Waals surface area contributed by atoms with Gasteiger partial charge in [-0.15, -0.1) is 0 Å². The first-order valence-corrected chi connectivity index (χ1v) is 5.82. The molecule has 0 aromatic heterocycles. The van der Waals surface area contributed by atoms with Gasteiger partial charge in [-0.2, -0.15) is 14.0 Å². The monoisotopic (exact) mass is 319 g/mol. The summed E-state index contributed by atoms with van der Waals surface area (Å²) in [5.74, 6) is -1.13. The lowest BCUT2D eigenvalue weighted by Gasteiger charge is -2.12. The van der Waals surface area contributed by atoms with Crippen LogP contribution < -0.4 is 4.74 Å². The Morgan fingerprint density at radius 1 is 1.56 bits per heavy atom. The van der Waals surface area contributed by atoms with Crippen molar-refractivity contribution in [2.75, 3.05) is 7.11 Å². The lowest BCUT2D eigenvalue weighted by atomic mass is 10.0. The molecule has 0 aliphatic rings. The molecule has 0 atom stereocenters. The number of rotatable bonds is 4. The standard InChI is InChI=1S/C11H8BrF2NO3/c1-17-10(16)9-6(4-12)2-3-8(7(9)5-15)18-11(13)14/h2-3,11H,4H2,1H3. The molecule has 0 heterocycles. The van der Waals surface area contributed by atoms with Gasteiger partial charge in [0.2, 0.25) is 0 Å². The van der Waals surface area contributed by atoms with E-state index in [1.165, 1.54) is 12.1 Å². The van der Waals surface area contributed by atoms with Crippen LogP contribution in [0.1, 0.15) is 21.5 Å². The summed E-state index contributed by atoms with van der Waals surface area (Å²) in [5.41, 5.74) is 0.120. The Kier molecular flexibility index (Phi) is 5.04. The fourth-order valence-electron chi connectivity index (χ4n) is 1.38. The van der Waals surface area contributed by atoms with Crippen LogP contribution in [0.15, 0.2) is 12.1 Å². The highest BCUT2D eigenvalue weighted by Crippen LogP contribution is 2.28. The van der Waals surface area contributed by atoms with Gasteiger partial charge in [0.25, 0.3) is 0 Å². The summed E-state index contributed by atoms with van der Waals surface area (Å²) in [6.45, 7) is -3.07. The number of carbonyl (C=O) groups is 1. The molecule has 0 unspecified atom stereocenters. The number of carbonyl (C=O) groups excluding carboxylic acids is 1. The third-order valence-corrected chi connectivity index (χ3v) is 2.72. The highest BCUT2D eigenvalue weighted by Gasteiger charge is 2.22. The van der Waals surface area contributed by atoms with Crippen molar-refractivity contribution in [3.8, 4) is 11.8 Å². The Morgan fingerprint density at radius 2 is 2.22 bits per heavy atom. The van der Waals surface area contributed by atoms with E-state index in [1.807, 2.05) is 0 Å². The topological polar surface area (TPSA) is 59.3 Å². The van der Waals surface area contributed by atoms with E-state index in [0.29, 0.717) is 5.56 Å². The number of hydrogen-bond donors (Lipinski definition) is 0. The summed E-state index contributed by atoms with van der Waals surface area (Å²) >= 11 is 3.14.